The molecule has 0 spiro atoms. The maximum atomic E-state index is 5.96. The number of aryl methyl sites for hydroxylation is 1. The van der Waals surface area contributed by atoms with Crippen LogP contribution in [0, 0.1) is 31.1 Å². The van der Waals surface area contributed by atoms with E-state index in [0.29, 0.717) is 0 Å². The van der Waals surface area contributed by atoms with Gasteiger partial charge in [0.2, 0.25) is 0 Å². The summed E-state index contributed by atoms with van der Waals surface area (Å²) in [6.45, 7) is 26.4. The Labute approximate surface area is 253 Å². The zero-order valence-corrected chi connectivity index (χ0v) is 29.8. The number of fused-ring (bicyclic) bond motifs is 1. The summed E-state index contributed by atoms with van der Waals surface area (Å²) in [6, 6.07) is 0. The second kappa shape index (κ2) is 49.4. The van der Waals surface area contributed by atoms with Gasteiger partial charge in [-0.1, -0.05) is 125 Å². The molecule has 2 fully saturated rings. The molecular formula is C35H72ClN3. The third-order valence-corrected chi connectivity index (χ3v) is 5.64. The highest BCUT2D eigenvalue weighted by Crippen LogP contribution is 2.46. The van der Waals surface area contributed by atoms with Crippen molar-refractivity contribution in [1.29, 1.82) is 0 Å². The number of hydrogen-bond acceptors (Lipinski definition) is 2. The molecule has 234 valence electrons. The van der Waals surface area contributed by atoms with E-state index in [4.69, 9.17) is 18.0 Å². The van der Waals surface area contributed by atoms with Crippen molar-refractivity contribution in [1.82, 2.24) is 9.97 Å². The van der Waals surface area contributed by atoms with Gasteiger partial charge in [-0.3, -0.25) is 0 Å². The van der Waals surface area contributed by atoms with Crippen LogP contribution in [0.5, 0.6) is 0 Å². The van der Waals surface area contributed by atoms with Crippen molar-refractivity contribution < 1.29 is 0 Å². The number of hydrogen-bond donors (Lipinski definition) is 2. The van der Waals surface area contributed by atoms with E-state index in [1.807, 2.05) is 74.5 Å². The normalized spacial score (nSPS) is 15.5. The summed E-state index contributed by atoms with van der Waals surface area (Å²) in [5.74, 6) is 4.82. The lowest BCUT2D eigenvalue weighted by atomic mass is 9.77. The molecule has 2 aliphatic rings. The Bertz CT molecular complexity index is 588. The fraction of sp³-hybridized carbons (Fsp3) is 0.743. The number of nitrogens with zero attached hydrogens (tertiary/aromatic N) is 1. The first-order valence-electron chi connectivity index (χ1n) is 15.8. The number of imidazole rings is 1. The van der Waals surface area contributed by atoms with Crippen molar-refractivity contribution in [2.24, 2.45) is 17.6 Å². The second-order valence-corrected chi connectivity index (χ2v) is 8.67. The molecule has 0 bridgehead atoms. The third-order valence-electron chi connectivity index (χ3n) is 5.19. The van der Waals surface area contributed by atoms with Gasteiger partial charge in [0.25, 0.3) is 0 Å². The van der Waals surface area contributed by atoms with Crippen molar-refractivity contribution in [3.8, 4) is 12.3 Å². The minimum absolute atomic E-state index is 0.847. The average Bonchev–Trinajstić information content (AvgIpc) is 3.60. The number of aromatic amines is 1. The summed E-state index contributed by atoms with van der Waals surface area (Å²) in [4.78, 5) is 6.66. The summed E-state index contributed by atoms with van der Waals surface area (Å²) >= 11 is 5.96. The fourth-order valence-electron chi connectivity index (χ4n) is 3.22. The molecule has 4 heteroatoms. The van der Waals surface area contributed by atoms with Crippen LogP contribution < -0.4 is 5.73 Å². The molecule has 3 rings (SSSR count). The maximum Gasteiger partial charge on any atom is 0.0921 e. The number of aromatic nitrogens is 2. The molecule has 2 atom stereocenters. The Morgan fingerprint density at radius 2 is 1.46 bits per heavy atom. The van der Waals surface area contributed by atoms with Gasteiger partial charge in [0, 0.05) is 23.3 Å². The Kier molecular flexibility index (Phi) is 63.8. The van der Waals surface area contributed by atoms with Crippen LogP contribution in [0.25, 0.3) is 0 Å². The lowest BCUT2D eigenvalue weighted by molar-refractivity contribution is 0.219. The molecule has 2 unspecified atom stereocenters. The van der Waals surface area contributed by atoms with Crippen molar-refractivity contribution in [3.63, 3.8) is 0 Å². The van der Waals surface area contributed by atoms with Crippen LogP contribution in [0.4, 0.5) is 0 Å². The monoisotopic (exact) mass is 570 g/mol. The average molecular weight is 570 g/mol. The summed E-state index contributed by atoms with van der Waals surface area (Å²) in [5, 5.41) is 0.904. The minimum atomic E-state index is 0.847. The molecule has 39 heavy (non-hydrogen) atoms. The van der Waals surface area contributed by atoms with Crippen LogP contribution in [0.3, 0.4) is 0 Å². The van der Waals surface area contributed by atoms with Gasteiger partial charge < -0.3 is 10.7 Å². The van der Waals surface area contributed by atoms with Crippen molar-refractivity contribution in [3.05, 3.63) is 41.0 Å². The van der Waals surface area contributed by atoms with Crippen LogP contribution in [0.15, 0.2) is 35.3 Å². The number of nitrogens with one attached hydrogen (secondary N) is 1. The predicted molar refractivity (Wildman–Crippen MR) is 186 cm³/mol. The minimum Gasteiger partial charge on any atom is -0.349 e. The lowest BCUT2D eigenvalue weighted by Crippen LogP contribution is -2.18. The summed E-state index contributed by atoms with van der Waals surface area (Å²) in [5.41, 5.74) is 6.90. The first kappa shape index (κ1) is 50.3. The number of nitrogens with two attached hydrogens (primary N) is 1. The Morgan fingerprint density at radius 3 is 1.67 bits per heavy atom. The maximum absolute atomic E-state index is 5.96. The molecule has 0 radical (unpaired) electrons. The predicted octanol–water partition coefficient (Wildman–Crippen LogP) is 12.3. The van der Waals surface area contributed by atoms with E-state index in [9.17, 15) is 0 Å². The van der Waals surface area contributed by atoms with E-state index in [-0.39, 0.29) is 0 Å². The van der Waals surface area contributed by atoms with Gasteiger partial charge in [-0.2, -0.15) is 0 Å². The van der Waals surface area contributed by atoms with Crippen molar-refractivity contribution in [2.75, 3.05) is 7.05 Å². The number of halogens is 1. The smallest absolute Gasteiger partial charge is 0.0921 e. The Balaban J connectivity index is -0.0000000857. The molecular weight excluding hydrogens is 498 g/mol. The van der Waals surface area contributed by atoms with Gasteiger partial charge in [-0.25, -0.2) is 4.98 Å². The van der Waals surface area contributed by atoms with E-state index in [2.05, 4.69) is 49.3 Å². The number of rotatable bonds is 4. The zero-order chi connectivity index (χ0) is 31.9. The molecule has 3 N–H and O–H groups in total. The Morgan fingerprint density at radius 1 is 1.03 bits per heavy atom. The highest BCUT2D eigenvalue weighted by molar-refractivity contribution is 6.31. The van der Waals surface area contributed by atoms with Crippen LogP contribution in [0.1, 0.15) is 153 Å². The van der Waals surface area contributed by atoms with Crippen molar-refractivity contribution in [2.45, 2.75) is 154 Å². The lowest BCUT2D eigenvalue weighted by Gasteiger charge is -2.29. The van der Waals surface area contributed by atoms with Gasteiger partial charge in [-0.05, 0) is 71.4 Å². The van der Waals surface area contributed by atoms with Gasteiger partial charge in [0.1, 0.15) is 0 Å². The number of unbranched alkanes of at least 4 members (excludes halogenated alkanes) is 1. The molecule has 0 amide bonds. The molecule has 0 aromatic carbocycles. The third kappa shape index (κ3) is 41.1. The van der Waals surface area contributed by atoms with Gasteiger partial charge >= 0.3 is 0 Å². The molecule has 2 aliphatic carbocycles. The second-order valence-electron chi connectivity index (χ2n) is 8.26. The molecule has 3 nitrogen and oxygen atoms in total. The standard InChI is InChI=1S/C10H17Cl.C7H12.C4H6N2.C4H6.C3H8.3C2H6.CH5N/c1-4-6-8-9(3)10(11)7-5-2;1-2-6-4-5-7(6)3-1;1-4-2-5-3-6-4;1-3-4-2;1-3-2;4*1-2/h5,7H,4,6,8H2,1-3H3;6-7H,1-5H2;2-3H,1H3,(H,5,6);1H,4H2,2H3;3H2,1-2H3;3*1-2H3;2H2,1H3/b7-5-,10-9-;;;;;;;;. The van der Waals surface area contributed by atoms with Crippen LogP contribution in [0.2, 0.25) is 0 Å². The zero-order valence-electron chi connectivity index (χ0n) is 29.0. The number of H-pyrrole nitrogens is 1. The highest BCUT2D eigenvalue weighted by Gasteiger charge is 2.34. The first-order chi connectivity index (χ1) is 18.9. The summed E-state index contributed by atoms with van der Waals surface area (Å²) < 4.78 is 0. The highest BCUT2D eigenvalue weighted by atomic mass is 35.5. The van der Waals surface area contributed by atoms with E-state index in [0.717, 1.165) is 23.6 Å². The van der Waals surface area contributed by atoms with Crippen LogP contribution in [-0.4, -0.2) is 17.0 Å². The fourth-order valence-corrected chi connectivity index (χ4v) is 3.44. The molecule has 0 saturated heterocycles. The van der Waals surface area contributed by atoms with E-state index >= 15 is 0 Å². The summed E-state index contributed by atoms with van der Waals surface area (Å²) in [6.07, 6.45) is 25.6. The number of terminal acetylenes is 1. The molecule has 2 saturated carbocycles. The quantitative estimate of drug-likeness (QED) is 0.280. The van der Waals surface area contributed by atoms with Gasteiger partial charge in [0.05, 0.1) is 6.33 Å². The van der Waals surface area contributed by atoms with Gasteiger partial charge in [0.15, 0.2) is 0 Å². The largest absolute Gasteiger partial charge is 0.349 e. The topological polar surface area (TPSA) is 54.7 Å². The van der Waals surface area contributed by atoms with Gasteiger partial charge in [-0.15, -0.1) is 12.3 Å². The van der Waals surface area contributed by atoms with Crippen LogP contribution in [-0.2, 0) is 0 Å². The number of allylic oxidation sites excluding steroid dienone is 4. The van der Waals surface area contributed by atoms with E-state index in [1.165, 1.54) is 50.1 Å². The Hall–Kier alpha value is -1.50. The van der Waals surface area contributed by atoms with E-state index < -0.39 is 0 Å². The van der Waals surface area contributed by atoms with E-state index in [1.54, 1.807) is 38.2 Å². The molecule has 0 aliphatic heterocycles. The molecule has 1 aromatic heterocycles. The van der Waals surface area contributed by atoms with Crippen LogP contribution >= 0.6 is 11.6 Å². The SMILES string of the molecule is C#CCC.C/C=C\C(Cl)=C(/C)CCCC.C1CC2CCC2C1.CC.CC.CC.CCC.CN.Cc1cnc[nH]1. The molecule has 1 aromatic rings. The molecule has 1 heterocycles. The first-order valence-corrected chi connectivity index (χ1v) is 16.2. The van der Waals surface area contributed by atoms with Crippen molar-refractivity contribution >= 4 is 11.6 Å². The summed E-state index contributed by atoms with van der Waals surface area (Å²) in [7, 11) is 1.50.